The quantitative estimate of drug-likeness (QED) is 0.699. The van der Waals surface area contributed by atoms with E-state index in [1.54, 1.807) is 23.8 Å². The van der Waals surface area contributed by atoms with Crippen LogP contribution >= 0.6 is 0 Å². The van der Waals surface area contributed by atoms with Crippen LogP contribution in [0, 0.1) is 17.2 Å². The number of nitriles is 1. The fourth-order valence-corrected chi connectivity index (χ4v) is 3.38. The molecule has 2 aromatic heterocycles. The average Bonchev–Trinajstić information content (AvgIpc) is 3.43. The highest BCUT2D eigenvalue weighted by Gasteiger charge is 2.54. The first-order valence-corrected chi connectivity index (χ1v) is 9.71. The number of carbonyl (C=O) groups excluding carboxylic acids is 1. The minimum atomic E-state index is -0.659. The van der Waals surface area contributed by atoms with Gasteiger partial charge < -0.3 is 10.1 Å². The number of rotatable bonds is 6. The first-order valence-electron chi connectivity index (χ1n) is 9.71. The Morgan fingerprint density at radius 1 is 1.28 bits per heavy atom. The Hall–Kier alpha value is -3.40. The molecule has 0 radical (unpaired) electrons. The number of fused-ring (bicyclic) bond motifs is 1. The van der Waals surface area contributed by atoms with Gasteiger partial charge in [-0.1, -0.05) is 26.0 Å². The second kappa shape index (κ2) is 7.21. The summed E-state index contributed by atoms with van der Waals surface area (Å²) >= 11 is 0. The molecule has 4 rings (SSSR count). The number of hydrogen-bond donors (Lipinski definition) is 1. The molecular weight excluding hydrogens is 366 g/mol. The zero-order valence-corrected chi connectivity index (χ0v) is 16.8. The normalized spacial score (nSPS) is 14.6. The lowest BCUT2D eigenvalue weighted by molar-refractivity contribution is -0.123. The largest absolute Gasteiger partial charge is 0.493 e. The predicted octanol–water partition coefficient (Wildman–Crippen LogP) is 3.08. The number of hydrogen-bond acceptors (Lipinski definition) is 5. The van der Waals surface area contributed by atoms with Gasteiger partial charge in [0.1, 0.15) is 5.41 Å². The van der Waals surface area contributed by atoms with Crippen LogP contribution in [0.5, 0.6) is 5.75 Å². The fraction of sp³-hybridized carbons (Fsp3) is 0.364. The van der Waals surface area contributed by atoms with Gasteiger partial charge >= 0.3 is 0 Å². The van der Waals surface area contributed by atoms with Crippen molar-refractivity contribution in [2.75, 3.05) is 13.7 Å². The van der Waals surface area contributed by atoms with Crippen molar-refractivity contribution in [3.05, 3.63) is 47.8 Å². The molecule has 0 spiro atoms. The summed E-state index contributed by atoms with van der Waals surface area (Å²) in [5.41, 5.74) is 2.24. The van der Waals surface area contributed by atoms with Crippen LogP contribution in [0.1, 0.15) is 38.1 Å². The first-order chi connectivity index (χ1) is 14.0. The number of nitrogens with zero attached hydrogens (tertiary/aromatic N) is 4. The third-order valence-corrected chi connectivity index (χ3v) is 5.26. The first kappa shape index (κ1) is 18.9. The maximum Gasteiger partial charge on any atom is 0.234 e. The lowest BCUT2D eigenvalue weighted by atomic mass is 10.1. The van der Waals surface area contributed by atoms with E-state index < -0.39 is 5.41 Å². The molecule has 7 nitrogen and oxygen atoms in total. The number of pyridine rings is 1. The zero-order chi connectivity index (χ0) is 20.6. The molecule has 1 amide bonds. The summed E-state index contributed by atoms with van der Waals surface area (Å²) < 4.78 is 7.20. The molecule has 29 heavy (non-hydrogen) atoms. The zero-order valence-electron chi connectivity index (χ0n) is 16.8. The van der Waals surface area contributed by atoms with Gasteiger partial charge in [0, 0.05) is 12.1 Å². The molecule has 148 valence electrons. The Bertz CT molecular complexity index is 1100. The molecular formula is C22H23N5O2. The van der Waals surface area contributed by atoms with Crippen molar-refractivity contribution in [3.8, 4) is 23.1 Å². The molecule has 0 bridgehead atoms. The average molecular weight is 389 g/mol. The highest BCUT2D eigenvalue weighted by Crippen LogP contribution is 2.47. The minimum Gasteiger partial charge on any atom is -0.493 e. The summed E-state index contributed by atoms with van der Waals surface area (Å²) in [6, 6.07) is 13.2. The fourth-order valence-electron chi connectivity index (χ4n) is 3.38. The van der Waals surface area contributed by atoms with Crippen molar-refractivity contribution in [1.82, 2.24) is 19.9 Å². The lowest BCUT2D eigenvalue weighted by Crippen LogP contribution is -2.37. The van der Waals surface area contributed by atoms with Gasteiger partial charge in [-0.25, -0.2) is 9.50 Å². The number of ether oxygens (including phenoxy) is 1. The molecule has 1 fully saturated rings. The summed E-state index contributed by atoms with van der Waals surface area (Å²) in [5.74, 6) is 1.49. The molecule has 2 heterocycles. The maximum absolute atomic E-state index is 12.8. The van der Waals surface area contributed by atoms with Crippen molar-refractivity contribution in [2.45, 2.75) is 32.1 Å². The number of carbonyl (C=O) groups is 1. The van der Waals surface area contributed by atoms with E-state index in [9.17, 15) is 4.79 Å². The van der Waals surface area contributed by atoms with Crippen molar-refractivity contribution in [1.29, 1.82) is 5.26 Å². The summed E-state index contributed by atoms with van der Waals surface area (Å²) in [6.45, 7) is 4.77. The summed E-state index contributed by atoms with van der Waals surface area (Å²) in [7, 11) is 1.59. The molecule has 1 N–H and O–H groups in total. The molecule has 1 aliphatic carbocycles. The molecule has 0 unspecified atom stereocenters. The minimum absolute atomic E-state index is 0.0130. The Balaban J connectivity index is 1.78. The predicted molar refractivity (Wildman–Crippen MR) is 108 cm³/mol. The van der Waals surface area contributed by atoms with E-state index in [4.69, 9.17) is 20.1 Å². The van der Waals surface area contributed by atoms with E-state index in [0.717, 1.165) is 24.1 Å². The number of nitrogens with one attached hydrogen (secondary N) is 1. The summed E-state index contributed by atoms with van der Waals surface area (Å²) in [4.78, 5) is 17.5. The molecule has 3 aromatic rings. The van der Waals surface area contributed by atoms with Crippen LogP contribution in [0.25, 0.3) is 16.9 Å². The summed E-state index contributed by atoms with van der Waals surface area (Å²) in [5, 5.41) is 16.8. The highest BCUT2D eigenvalue weighted by atomic mass is 16.5. The van der Waals surface area contributed by atoms with E-state index in [1.807, 2.05) is 24.3 Å². The van der Waals surface area contributed by atoms with Gasteiger partial charge in [0.05, 0.1) is 24.4 Å². The van der Waals surface area contributed by atoms with Crippen LogP contribution < -0.4 is 10.1 Å². The van der Waals surface area contributed by atoms with E-state index in [2.05, 4.69) is 25.2 Å². The van der Waals surface area contributed by atoms with Crippen molar-refractivity contribution in [3.63, 3.8) is 0 Å². The van der Waals surface area contributed by atoms with Gasteiger partial charge in [0.25, 0.3) is 0 Å². The molecule has 1 aromatic carbocycles. The number of aromatic nitrogens is 3. The van der Waals surface area contributed by atoms with Crippen LogP contribution in [-0.4, -0.2) is 34.2 Å². The topological polar surface area (TPSA) is 92.3 Å². The number of methoxy groups -OCH3 is 1. The Morgan fingerprint density at radius 3 is 2.59 bits per heavy atom. The Kier molecular flexibility index (Phi) is 4.71. The Morgan fingerprint density at radius 2 is 2.00 bits per heavy atom. The molecule has 0 atom stereocenters. The van der Waals surface area contributed by atoms with Gasteiger partial charge in [-0.2, -0.15) is 5.26 Å². The van der Waals surface area contributed by atoms with Gasteiger partial charge in [-0.3, -0.25) is 4.79 Å². The molecule has 0 saturated heterocycles. The second-order valence-electron chi connectivity index (χ2n) is 7.83. The third-order valence-electron chi connectivity index (χ3n) is 5.26. The standard InChI is InChI=1S/C22H23N5O2/c1-14(2)13-24-21(28)22(10-11-22)20-25-19-18(29-3)9-8-17(27(19)26-20)16-6-4-15(12-23)5-7-16/h4-9,14H,10-11,13H2,1-3H3,(H,24,28). The Labute approximate surface area is 169 Å². The SMILES string of the molecule is COc1ccc(-c2ccc(C#N)cc2)n2nc(C3(C(=O)NCC(C)C)CC3)nc12. The maximum atomic E-state index is 12.8. The van der Waals surface area contributed by atoms with Crippen LogP contribution in [0.15, 0.2) is 36.4 Å². The van der Waals surface area contributed by atoms with E-state index in [-0.39, 0.29) is 5.91 Å². The van der Waals surface area contributed by atoms with Crippen LogP contribution in [0.3, 0.4) is 0 Å². The van der Waals surface area contributed by atoms with Gasteiger partial charge in [-0.15, -0.1) is 5.10 Å². The van der Waals surface area contributed by atoms with Crippen molar-refractivity contribution in [2.24, 2.45) is 5.92 Å². The third kappa shape index (κ3) is 3.31. The van der Waals surface area contributed by atoms with Crippen LogP contribution in [0.2, 0.25) is 0 Å². The van der Waals surface area contributed by atoms with Gasteiger partial charge in [0.15, 0.2) is 17.2 Å². The van der Waals surface area contributed by atoms with Crippen LogP contribution in [0.4, 0.5) is 0 Å². The number of benzene rings is 1. The smallest absolute Gasteiger partial charge is 0.234 e. The molecule has 7 heteroatoms. The molecule has 0 aliphatic heterocycles. The number of amides is 1. The van der Waals surface area contributed by atoms with E-state index in [1.165, 1.54) is 0 Å². The van der Waals surface area contributed by atoms with Crippen LogP contribution in [-0.2, 0) is 10.2 Å². The van der Waals surface area contributed by atoms with Crippen molar-refractivity contribution < 1.29 is 9.53 Å². The second-order valence-corrected chi connectivity index (χ2v) is 7.83. The lowest BCUT2D eigenvalue weighted by Gasteiger charge is -2.13. The monoisotopic (exact) mass is 389 g/mol. The summed E-state index contributed by atoms with van der Waals surface area (Å²) in [6.07, 6.45) is 1.48. The van der Waals surface area contributed by atoms with Gasteiger partial charge in [-0.05, 0) is 43.0 Å². The van der Waals surface area contributed by atoms with E-state index in [0.29, 0.717) is 35.2 Å². The molecule has 1 saturated carbocycles. The van der Waals surface area contributed by atoms with Crippen molar-refractivity contribution >= 4 is 11.6 Å². The van der Waals surface area contributed by atoms with Gasteiger partial charge in [0.2, 0.25) is 5.91 Å². The van der Waals surface area contributed by atoms with E-state index >= 15 is 0 Å². The highest BCUT2D eigenvalue weighted by molar-refractivity contribution is 5.90. The molecule has 1 aliphatic rings.